The number of halogens is 2. The van der Waals surface area contributed by atoms with Gasteiger partial charge in [-0.15, -0.1) is 5.10 Å². The summed E-state index contributed by atoms with van der Waals surface area (Å²) in [4.78, 5) is 36.0. The number of aromatic amines is 1. The molecule has 5 aromatic rings. The molecule has 0 unspecified atom stereocenters. The van der Waals surface area contributed by atoms with Gasteiger partial charge < -0.3 is 15.2 Å². The molecule has 2 heterocycles. The van der Waals surface area contributed by atoms with Gasteiger partial charge in [-0.25, -0.2) is 4.98 Å². The number of tetrazole rings is 1. The fraction of sp³-hybridized carbons (Fsp3) is 0.161. The molecule has 10 nitrogen and oxygen atoms in total. The highest BCUT2D eigenvalue weighted by Gasteiger charge is 2.25. The minimum Gasteiger partial charge on any atom is -0.342 e. The molecule has 1 atom stereocenters. The number of amides is 2. The molecule has 0 spiro atoms. The molecular formula is C31H28Cl2N8O2. The summed E-state index contributed by atoms with van der Waals surface area (Å²) in [6.07, 6.45) is 4.36. The van der Waals surface area contributed by atoms with Crippen LogP contribution >= 0.6 is 23.2 Å². The maximum absolute atomic E-state index is 13.4. The normalized spacial score (nSPS) is 11.9. The molecule has 0 saturated heterocycles. The van der Waals surface area contributed by atoms with E-state index in [2.05, 4.69) is 25.8 Å². The maximum atomic E-state index is 13.4. The fourth-order valence-electron chi connectivity index (χ4n) is 4.45. The number of imidazole rings is 1. The molecule has 0 fully saturated rings. The molecular weight excluding hydrogens is 587 g/mol. The lowest BCUT2D eigenvalue weighted by Crippen LogP contribution is -2.34. The van der Waals surface area contributed by atoms with Crippen molar-refractivity contribution in [3.63, 3.8) is 0 Å². The van der Waals surface area contributed by atoms with E-state index in [0.717, 1.165) is 16.7 Å². The van der Waals surface area contributed by atoms with Crippen molar-refractivity contribution < 1.29 is 9.59 Å². The zero-order valence-electron chi connectivity index (χ0n) is 23.4. The predicted molar refractivity (Wildman–Crippen MR) is 165 cm³/mol. The van der Waals surface area contributed by atoms with Gasteiger partial charge in [0.2, 0.25) is 11.8 Å². The highest BCUT2D eigenvalue weighted by molar-refractivity contribution is 6.32. The number of rotatable bonds is 10. The molecule has 0 radical (unpaired) electrons. The summed E-state index contributed by atoms with van der Waals surface area (Å²) >= 11 is 12.8. The van der Waals surface area contributed by atoms with Crippen LogP contribution in [0.15, 0.2) is 85.2 Å². The largest absolute Gasteiger partial charge is 0.342 e. The first kappa shape index (κ1) is 29.7. The highest BCUT2D eigenvalue weighted by Crippen LogP contribution is 2.29. The van der Waals surface area contributed by atoms with Gasteiger partial charge in [0.1, 0.15) is 23.0 Å². The van der Waals surface area contributed by atoms with Crippen molar-refractivity contribution in [3.8, 4) is 16.9 Å². The Labute approximate surface area is 258 Å². The number of aromatic nitrogens is 6. The second-order valence-corrected chi connectivity index (χ2v) is 10.8. The van der Waals surface area contributed by atoms with Gasteiger partial charge in [-0.2, -0.15) is 4.68 Å². The molecule has 0 aliphatic carbocycles. The number of hydrogen-bond acceptors (Lipinski definition) is 6. The first-order valence-electron chi connectivity index (χ1n) is 13.4. The molecule has 0 bridgehead atoms. The molecule has 43 heavy (non-hydrogen) atoms. The molecule has 2 aromatic heterocycles. The minimum absolute atomic E-state index is 0.0485. The van der Waals surface area contributed by atoms with E-state index >= 15 is 0 Å². The van der Waals surface area contributed by atoms with Crippen molar-refractivity contribution in [2.24, 2.45) is 0 Å². The van der Waals surface area contributed by atoms with Crippen LogP contribution in [0.4, 0.5) is 0 Å². The second kappa shape index (κ2) is 13.5. The second-order valence-electron chi connectivity index (χ2n) is 9.94. The number of hydrogen-bond donors (Lipinski definition) is 2. The average molecular weight is 616 g/mol. The van der Waals surface area contributed by atoms with Crippen molar-refractivity contribution in [1.29, 1.82) is 0 Å². The van der Waals surface area contributed by atoms with E-state index in [1.807, 2.05) is 61.5 Å². The number of carbonyl (C=O) groups excluding carboxylic acids is 2. The van der Waals surface area contributed by atoms with Gasteiger partial charge in [0, 0.05) is 35.8 Å². The van der Waals surface area contributed by atoms with Crippen LogP contribution in [0.5, 0.6) is 0 Å². The number of carbonyl (C=O) groups is 2. The van der Waals surface area contributed by atoms with Crippen molar-refractivity contribution in [3.05, 3.63) is 118 Å². The van der Waals surface area contributed by atoms with Crippen LogP contribution in [0.1, 0.15) is 35.0 Å². The third kappa shape index (κ3) is 7.54. The first-order chi connectivity index (χ1) is 20.8. The van der Waals surface area contributed by atoms with E-state index in [1.54, 1.807) is 36.2 Å². The zero-order chi connectivity index (χ0) is 30.3. The molecule has 0 saturated carbocycles. The summed E-state index contributed by atoms with van der Waals surface area (Å²) in [7, 11) is 1.72. The van der Waals surface area contributed by atoms with Gasteiger partial charge in [-0.3, -0.25) is 9.59 Å². The van der Waals surface area contributed by atoms with Crippen LogP contribution in [-0.2, 0) is 16.1 Å². The van der Waals surface area contributed by atoms with Crippen LogP contribution in [0, 0.1) is 6.92 Å². The monoisotopic (exact) mass is 614 g/mol. The Balaban J connectivity index is 1.40. The number of nitrogens with one attached hydrogen (secondary N) is 2. The summed E-state index contributed by atoms with van der Waals surface area (Å²) in [6, 6.07) is 21.8. The van der Waals surface area contributed by atoms with Gasteiger partial charge in [-0.05, 0) is 47.2 Å². The van der Waals surface area contributed by atoms with Crippen LogP contribution in [0.2, 0.25) is 10.2 Å². The third-order valence-electron chi connectivity index (χ3n) is 6.72. The molecule has 218 valence electrons. The van der Waals surface area contributed by atoms with Gasteiger partial charge in [0.15, 0.2) is 0 Å². The molecule has 5 rings (SSSR count). The van der Waals surface area contributed by atoms with Crippen molar-refractivity contribution >= 4 is 41.1 Å². The summed E-state index contributed by atoms with van der Waals surface area (Å²) in [5, 5.41) is 15.0. The quantitative estimate of drug-likeness (QED) is 0.198. The van der Waals surface area contributed by atoms with Crippen LogP contribution in [0.25, 0.3) is 23.0 Å². The number of nitrogens with zero attached hydrogens (tertiary/aromatic N) is 6. The van der Waals surface area contributed by atoms with Gasteiger partial charge in [0.25, 0.3) is 0 Å². The highest BCUT2D eigenvalue weighted by atomic mass is 35.5. The van der Waals surface area contributed by atoms with Crippen molar-refractivity contribution in [1.82, 2.24) is 40.4 Å². The van der Waals surface area contributed by atoms with E-state index in [0.29, 0.717) is 39.5 Å². The Hall–Kier alpha value is -4.80. The molecule has 2 amide bonds. The van der Waals surface area contributed by atoms with Crippen molar-refractivity contribution in [2.75, 3.05) is 7.05 Å². The molecule has 3 aromatic carbocycles. The minimum atomic E-state index is -0.794. The smallest absolute Gasteiger partial charge is 0.244 e. The van der Waals surface area contributed by atoms with Crippen molar-refractivity contribution in [2.45, 2.75) is 25.9 Å². The Bertz CT molecular complexity index is 1740. The number of H-pyrrole nitrogens is 1. The summed E-state index contributed by atoms with van der Waals surface area (Å²) in [5.74, 6) is -0.269. The average Bonchev–Trinajstić information content (AvgIpc) is 3.67. The SMILES string of the molecule is Cc1ccc(-c2nc([C@H](CC(=O)N(C)Cc3ccccc3)NC(=O)/C=C/c3cc(Cl)ccc3-n3cnnn3)[nH]c2Cl)cc1. The first-order valence-corrected chi connectivity index (χ1v) is 14.1. The third-order valence-corrected chi connectivity index (χ3v) is 7.22. The van der Waals surface area contributed by atoms with Crippen LogP contribution in [-0.4, -0.2) is 53.9 Å². The summed E-state index contributed by atoms with van der Waals surface area (Å²) in [6.45, 7) is 2.41. The summed E-state index contributed by atoms with van der Waals surface area (Å²) in [5.41, 5.74) is 4.68. The lowest BCUT2D eigenvalue weighted by atomic mass is 10.1. The lowest BCUT2D eigenvalue weighted by Gasteiger charge is -2.21. The molecule has 2 N–H and O–H groups in total. The van der Waals surface area contributed by atoms with Gasteiger partial charge in [-0.1, -0.05) is 83.4 Å². The summed E-state index contributed by atoms with van der Waals surface area (Å²) < 4.78 is 1.47. The van der Waals surface area contributed by atoms with Crippen LogP contribution in [0.3, 0.4) is 0 Å². The standard InChI is InChI=1S/C31H28Cl2N8O2/c1-20-8-10-22(11-9-20)29-30(33)37-31(36-29)25(17-28(43)40(2)18-21-6-4-3-5-7-21)35-27(42)15-12-23-16-24(32)13-14-26(23)41-19-34-38-39-41/h3-16,19,25H,17-18H2,1-2H3,(H,35,42)(H,36,37)/b15-12+/t25-/m0/s1. The Morgan fingerprint density at radius 3 is 2.56 bits per heavy atom. The van der Waals surface area contributed by atoms with E-state index in [9.17, 15) is 9.59 Å². The Morgan fingerprint density at radius 1 is 1.07 bits per heavy atom. The predicted octanol–water partition coefficient (Wildman–Crippen LogP) is 5.59. The fourth-order valence-corrected chi connectivity index (χ4v) is 4.88. The van der Waals surface area contributed by atoms with Gasteiger partial charge in [0.05, 0.1) is 18.2 Å². The molecule has 0 aliphatic rings. The van der Waals surface area contributed by atoms with E-state index in [-0.39, 0.29) is 12.3 Å². The molecule has 12 heteroatoms. The Kier molecular flexibility index (Phi) is 9.29. The number of benzene rings is 3. The Morgan fingerprint density at radius 2 is 1.84 bits per heavy atom. The van der Waals surface area contributed by atoms with E-state index in [4.69, 9.17) is 28.2 Å². The lowest BCUT2D eigenvalue weighted by molar-refractivity contribution is -0.131. The topological polar surface area (TPSA) is 122 Å². The maximum Gasteiger partial charge on any atom is 0.244 e. The van der Waals surface area contributed by atoms with E-state index < -0.39 is 11.9 Å². The number of aryl methyl sites for hydroxylation is 1. The van der Waals surface area contributed by atoms with E-state index in [1.165, 1.54) is 17.1 Å². The molecule has 0 aliphatic heterocycles. The van der Waals surface area contributed by atoms with Crippen LogP contribution < -0.4 is 5.32 Å². The zero-order valence-corrected chi connectivity index (χ0v) is 24.9. The van der Waals surface area contributed by atoms with Gasteiger partial charge >= 0.3 is 0 Å².